The van der Waals surface area contributed by atoms with Crippen LogP contribution in [0.3, 0.4) is 0 Å². The normalized spacial score (nSPS) is 18.0. The van der Waals surface area contributed by atoms with Gasteiger partial charge in [-0.15, -0.1) is 0 Å². The van der Waals surface area contributed by atoms with E-state index in [4.69, 9.17) is 0 Å². The molecule has 1 atom stereocenters. The molecule has 2 aromatic rings. The molecule has 3 rings (SSSR count). The largest absolute Gasteiger partial charge is 0.326 e. The number of carbonyl (C=O) groups excluding carboxylic acids is 1. The molecule has 8 heteroatoms. The number of sulfonamides is 1. The molecule has 29 heavy (non-hydrogen) atoms. The monoisotopic (exact) mass is 416 g/mol. The van der Waals surface area contributed by atoms with Gasteiger partial charge in [-0.1, -0.05) is 6.07 Å². The van der Waals surface area contributed by atoms with Crippen molar-refractivity contribution in [3.63, 3.8) is 0 Å². The molecule has 0 radical (unpaired) electrons. The van der Waals surface area contributed by atoms with Crippen LogP contribution in [0.1, 0.15) is 25.5 Å². The van der Waals surface area contributed by atoms with Gasteiger partial charge in [0.15, 0.2) is 0 Å². The van der Waals surface area contributed by atoms with Crippen molar-refractivity contribution in [2.75, 3.05) is 32.0 Å². The van der Waals surface area contributed by atoms with Gasteiger partial charge in [-0.05, 0) is 56.3 Å². The van der Waals surface area contributed by atoms with Crippen molar-refractivity contribution in [2.24, 2.45) is 0 Å². The fourth-order valence-electron chi connectivity index (χ4n) is 3.58. The Morgan fingerprint density at radius 1 is 1.24 bits per heavy atom. The lowest BCUT2D eigenvalue weighted by molar-refractivity contribution is -0.114. The number of aromatic nitrogens is 1. The van der Waals surface area contributed by atoms with E-state index in [1.54, 1.807) is 34.8 Å². The molecule has 1 aromatic heterocycles. The number of rotatable bonds is 7. The van der Waals surface area contributed by atoms with Crippen LogP contribution in [-0.2, 0) is 21.2 Å². The number of hydrogen-bond acceptors (Lipinski definition) is 5. The summed E-state index contributed by atoms with van der Waals surface area (Å²) in [7, 11) is -1.51. The third-order valence-electron chi connectivity index (χ3n) is 5.24. The standard InChI is InChI=1S/C21H28N4O3S/c1-17(26)23-19-8-10-21(11-9-19)29(27,28)25-14-5-7-20(16-25)24(2)15-12-18-6-3-4-13-22-18/h3-4,6,8-11,13,20H,5,7,12,14-16H2,1-2H3,(H,23,26)/t20-/m1/s1. The van der Waals surface area contributed by atoms with Gasteiger partial charge in [-0.3, -0.25) is 9.78 Å². The molecular weight excluding hydrogens is 388 g/mol. The van der Waals surface area contributed by atoms with Gasteiger partial charge in [0.2, 0.25) is 15.9 Å². The number of pyridine rings is 1. The molecule has 7 nitrogen and oxygen atoms in total. The summed E-state index contributed by atoms with van der Waals surface area (Å²) >= 11 is 0. The Bertz CT molecular complexity index is 917. The van der Waals surface area contributed by atoms with Gasteiger partial charge >= 0.3 is 0 Å². The lowest BCUT2D eigenvalue weighted by Crippen LogP contribution is -2.48. The minimum atomic E-state index is -3.56. The molecule has 1 fully saturated rings. The second-order valence-corrected chi connectivity index (χ2v) is 9.35. The first kappa shape index (κ1) is 21.4. The van der Waals surface area contributed by atoms with Crippen LogP contribution in [-0.4, -0.2) is 61.2 Å². The fraction of sp³-hybridized carbons (Fsp3) is 0.429. The second-order valence-electron chi connectivity index (χ2n) is 7.42. The van der Waals surface area contributed by atoms with Gasteiger partial charge < -0.3 is 10.2 Å². The molecule has 0 aliphatic carbocycles. The fourth-order valence-corrected chi connectivity index (χ4v) is 5.10. The van der Waals surface area contributed by atoms with Crippen LogP contribution in [0.5, 0.6) is 0 Å². The molecule has 0 bridgehead atoms. The Morgan fingerprint density at radius 2 is 2.00 bits per heavy atom. The van der Waals surface area contributed by atoms with Crippen LogP contribution in [0.25, 0.3) is 0 Å². The van der Waals surface area contributed by atoms with Crippen molar-refractivity contribution in [1.82, 2.24) is 14.2 Å². The molecule has 156 valence electrons. The van der Waals surface area contributed by atoms with Gasteiger partial charge in [0.05, 0.1) is 4.90 Å². The summed E-state index contributed by atoms with van der Waals surface area (Å²) in [6.07, 6.45) is 4.45. The Balaban J connectivity index is 1.63. The third kappa shape index (κ3) is 5.62. The minimum absolute atomic E-state index is 0.181. The van der Waals surface area contributed by atoms with Crippen LogP contribution >= 0.6 is 0 Å². The summed E-state index contributed by atoms with van der Waals surface area (Å²) in [5.74, 6) is -0.187. The van der Waals surface area contributed by atoms with Gasteiger partial charge in [-0.25, -0.2) is 8.42 Å². The molecule has 1 amide bonds. The summed E-state index contributed by atoms with van der Waals surface area (Å²) in [5.41, 5.74) is 1.63. The number of carbonyl (C=O) groups is 1. The quantitative estimate of drug-likeness (QED) is 0.749. The van der Waals surface area contributed by atoms with Crippen molar-refractivity contribution in [1.29, 1.82) is 0 Å². The first-order chi connectivity index (χ1) is 13.9. The van der Waals surface area contributed by atoms with Crippen molar-refractivity contribution in [3.8, 4) is 0 Å². The first-order valence-corrected chi connectivity index (χ1v) is 11.3. The van der Waals surface area contributed by atoms with Crippen molar-refractivity contribution >= 4 is 21.6 Å². The number of nitrogens with zero attached hydrogens (tertiary/aromatic N) is 3. The van der Waals surface area contributed by atoms with Gasteiger partial charge in [-0.2, -0.15) is 4.31 Å². The number of likely N-dealkylation sites (N-methyl/N-ethyl adjacent to an activating group) is 1. The number of anilines is 1. The number of piperidine rings is 1. The average Bonchev–Trinajstić information content (AvgIpc) is 2.73. The summed E-state index contributed by atoms with van der Waals surface area (Å²) in [4.78, 5) is 18.0. The van der Waals surface area contributed by atoms with Gasteiger partial charge in [0.1, 0.15) is 0 Å². The van der Waals surface area contributed by atoms with E-state index < -0.39 is 10.0 Å². The predicted molar refractivity (Wildman–Crippen MR) is 113 cm³/mol. The van der Waals surface area contributed by atoms with E-state index in [9.17, 15) is 13.2 Å². The Morgan fingerprint density at radius 3 is 2.66 bits per heavy atom. The topological polar surface area (TPSA) is 82.6 Å². The highest BCUT2D eigenvalue weighted by Gasteiger charge is 2.31. The molecule has 1 aliphatic heterocycles. The Labute approximate surface area is 172 Å². The van der Waals surface area contributed by atoms with Gasteiger partial charge in [0.25, 0.3) is 0 Å². The minimum Gasteiger partial charge on any atom is -0.326 e. The smallest absolute Gasteiger partial charge is 0.243 e. The third-order valence-corrected chi connectivity index (χ3v) is 7.12. The van der Waals surface area contributed by atoms with E-state index >= 15 is 0 Å². The molecular formula is C21H28N4O3S. The lowest BCUT2D eigenvalue weighted by atomic mass is 10.1. The highest BCUT2D eigenvalue weighted by Crippen LogP contribution is 2.24. The number of amides is 1. The molecule has 1 saturated heterocycles. The van der Waals surface area contributed by atoms with Gasteiger partial charge in [0, 0.05) is 56.6 Å². The van der Waals surface area contributed by atoms with Crippen LogP contribution < -0.4 is 5.32 Å². The van der Waals surface area contributed by atoms with E-state index in [2.05, 4.69) is 15.2 Å². The Hall–Kier alpha value is -2.29. The Kier molecular flexibility index (Phi) is 7.00. The summed E-state index contributed by atoms with van der Waals surface area (Å²) in [6.45, 7) is 3.26. The summed E-state index contributed by atoms with van der Waals surface area (Å²) in [6, 6.07) is 12.4. The van der Waals surface area contributed by atoms with E-state index in [0.717, 1.165) is 31.5 Å². The van der Waals surface area contributed by atoms with Crippen LogP contribution in [0.4, 0.5) is 5.69 Å². The summed E-state index contributed by atoms with van der Waals surface area (Å²) in [5, 5.41) is 2.65. The molecule has 2 heterocycles. The average molecular weight is 417 g/mol. The van der Waals surface area contributed by atoms with E-state index in [1.807, 2.05) is 25.2 Å². The molecule has 1 aromatic carbocycles. The summed E-state index contributed by atoms with van der Waals surface area (Å²) < 4.78 is 27.7. The highest BCUT2D eigenvalue weighted by molar-refractivity contribution is 7.89. The predicted octanol–water partition coefficient (Wildman–Crippen LogP) is 2.37. The van der Waals surface area contributed by atoms with E-state index in [1.165, 1.54) is 6.92 Å². The highest BCUT2D eigenvalue weighted by atomic mass is 32.2. The van der Waals surface area contributed by atoms with Crippen LogP contribution in [0.2, 0.25) is 0 Å². The van der Waals surface area contributed by atoms with Crippen molar-refractivity contribution in [3.05, 3.63) is 54.4 Å². The van der Waals surface area contributed by atoms with Crippen LogP contribution in [0, 0.1) is 0 Å². The zero-order valence-corrected chi connectivity index (χ0v) is 17.7. The van der Waals surface area contributed by atoms with E-state index in [-0.39, 0.29) is 16.8 Å². The van der Waals surface area contributed by atoms with Crippen molar-refractivity contribution in [2.45, 2.75) is 37.1 Å². The molecule has 1 aliphatic rings. The SMILES string of the molecule is CC(=O)Nc1ccc(S(=O)(=O)N2CCC[C@@H](N(C)CCc3ccccn3)C2)cc1. The molecule has 0 spiro atoms. The zero-order chi connectivity index (χ0) is 20.9. The maximum atomic E-state index is 13.1. The van der Waals surface area contributed by atoms with E-state index in [0.29, 0.717) is 18.8 Å². The van der Waals surface area contributed by atoms with Crippen molar-refractivity contribution < 1.29 is 13.2 Å². The number of benzene rings is 1. The molecule has 0 unspecified atom stereocenters. The number of nitrogens with one attached hydrogen (secondary N) is 1. The zero-order valence-electron chi connectivity index (χ0n) is 16.9. The number of hydrogen-bond donors (Lipinski definition) is 1. The maximum Gasteiger partial charge on any atom is 0.243 e. The van der Waals surface area contributed by atoms with Crippen LogP contribution in [0.15, 0.2) is 53.6 Å². The molecule has 1 N–H and O–H groups in total. The molecule has 0 saturated carbocycles. The second kappa shape index (κ2) is 9.47. The lowest BCUT2D eigenvalue weighted by Gasteiger charge is -2.37. The first-order valence-electron chi connectivity index (χ1n) is 9.84. The maximum absolute atomic E-state index is 13.1.